The Bertz CT molecular complexity index is 195. The zero-order valence-corrected chi connectivity index (χ0v) is 7.05. The average molecular weight is 155 g/mol. The summed E-state index contributed by atoms with van der Waals surface area (Å²) >= 11 is 0. The molecule has 1 aliphatic rings. The number of amidine groups is 1. The number of hydrogen-bond donors (Lipinski definition) is 2. The van der Waals surface area contributed by atoms with Crippen LogP contribution in [-0.2, 0) is 0 Å². The van der Waals surface area contributed by atoms with E-state index in [9.17, 15) is 0 Å². The molecule has 0 radical (unpaired) electrons. The maximum absolute atomic E-state index is 7.47. The van der Waals surface area contributed by atoms with Crippen LogP contribution < -0.4 is 5.43 Å². The molecule has 62 valence electrons. The molecule has 1 rings (SSSR count). The minimum atomic E-state index is 0.508. The lowest BCUT2D eigenvalue weighted by atomic mass is 10.5. The van der Waals surface area contributed by atoms with Crippen molar-refractivity contribution in [2.75, 3.05) is 27.7 Å². The first-order chi connectivity index (χ1) is 5.13. The largest absolute Gasteiger partial charge is 0.347 e. The fraction of sp³-hybridized carbons (Fsp3) is 0.667. The molecule has 1 aliphatic heterocycles. The van der Waals surface area contributed by atoms with Crippen LogP contribution in [0.15, 0.2) is 5.10 Å². The van der Waals surface area contributed by atoms with Gasteiger partial charge < -0.3 is 9.80 Å². The number of hydrazone groups is 1. The highest BCUT2D eigenvalue weighted by atomic mass is 15.5. The van der Waals surface area contributed by atoms with Gasteiger partial charge in [-0.2, -0.15) is 0 Å². The van der Waals surface area contributed by atoms with Crippen molar-refractivity contribution >= 4 is 11.8 Å². The molecule has 0 unspecified atom stereocenters. The van der Waals surface area contributed by atoms with Gasteiger partial charge >= 0.3 is 0 Å². The molecule has 0 bridgehead atoms. The molecule has 2 N–H and O–H groups in total. The molecule has 0 spiro atoms. The predicted octanol–water partition coefficient (Wildman–Crippen LogP) is -0.669. The van der Waals surface area contributed by atoms with Gasteiger partial charge in [0.2, 0.25) is 5.96 Å². The fourth-order valence-corrected chi connectivity index (χ4v) is 0.899. The molecule has 0 aromatic carbocycles. The molecular weight excluding hydrogens is 142 g/mol. The second-order valence-electron chi connectivity index (χ2n) is 2.65. The summed E-state index contributed by atoms with van der Waals surface area (Å²) in [5.41, 5.74) is 2.78. The SMILES string of the molecule is CN(C)C1=NNCC(=N)N1C. The molecule has 5 nitrogen and oxygen atoms in total. The zero-order valence-electron chi connectivity index (χ0n) is 7.05. The third-order valence-corrected chi connectivity index (χ3v) is 1.53. The Labute approximate surface area is 66.2 Å². The van der Waals surface area contributed by atoms with Gasteiger partial charge in [-0.25, -0.2) is 0 Å². The van der Waals surface area contributed by atoms with Crippen molar-refractivity contribution < 1.29 is 0 Å². The third kappa shape index (κ3) is 1.42. The molecule has 0 aromatic rings. The number of hydrogen-bond acceptors (Lipinski definition) is 4. The van der Waals surface area contributed by atoms with Crippen molar-refractivity contribution in [2.24, 2.45) is 5.10 Å². The second-order valence-corrected chi connectivity index (χ2v) is 2.65. The molecule has 0 saturated heterocycles. The Morgan fingerprint density at radius 2 is 2.27 bits per heavy atom. The van der Waals surface area contributed by atoms with Crippen LogP contribution in [0, 0.1) is 5.41 Å². The normalized spacial score (nSPS) is 17.5. The van der Waals surface area contributed by atoms with Crippen LogP contribution in [0.1, 0.15) is 0 Å². The quantitative estimate of drug-likeness (QED) is 0.488. The maximum atomic E-state index is 7.47. The van der Waals surface area contributed by atoms with Gasteiger partial charge in [0.25, 0.3) is 0 Å². The summed E-state index contributed by atoms with van der Waals surface area (Å²) < 4.78 is 0. The van der Waals surface area contributed by atoms with Gasteiger partial charge in [-0.3, -0.25) is 10.8 Å². The first kappa shape index (κ1) is 7.84. The van der Waals surface area contributed by atoms with Crippen LogP contribution in [0.3, 0.4) is 0 Å². The van der Waals surface area contributed by atoms with E-state index in [2.05, 4.69) is 10.5 Å². The minimum absolute atomic E-state index is 0.508. The predicted molar refractivity (Wildman–Crippen MR) is 44.6 cm³/mol. The highest BCUT2D eigenvalue weighted by Gasteiger charge is 2.16. The van der Waals surface area contributed by atoms with Crippen molar-refractivity contribution in [2.45, 2.75) is 0 Å². The second kappa shape index (κ2) is 2.77. The average Bonchev–Trinajstić information content (AvgIpc) is 1.94. The Kier molecular flexibility index (Phi) is 1.98. The van der Waals surface area contributed by atoms with Gasteiger partial charge in [0.05, 0.1) is 6.54 Å². The lowest BCUT2D eigenvalue weighted by Gasteiger charge is -2.29. The van der Waals surface area contributed by atoms with Gasteiger partial charge in [-0.1, -0.05) is 0 Å². The summed E-state index contributed by atoms with van der Waals surface area (Å²) in [7, 11) is 5.63. The summed E-state index contributed by atoms with van der Waals surface area (Å²) in [4.78, 5) is 3.61. The van der Waals surface area contributed by atoms with Crippen LogP contribution in [0.25, 0.3) is 0 Å². The smallest absolute Gasteiger partial charge is 0.223 e. The highest BCUT2D eigenvalue weighted by molar-refractivity contribution is 6.00. The summed E-state index contributed by atoms with van der Waals surface area (Å²) in [6.45, 7) is 0.508. The lowest BCUT2D eigenvalue weighted by molar-refractivity contribution is 0.496. The molecular formula is C6H13N5. The number of likely N-dealkylation sites (N-methyl/N-ethyl adjacent to an activating group) is 1. The standard InChI is InChI=1S/C6H13N5/c1-10(2)6-9-8-4-5(7)11(6)3/h7-8H,4H2,1-3H3. The van der Waals surface area contributed by atoms with E-state index >= 15 is 0 Å². The molecule has 0 aliphatic carbocycles. The Balaban J connectivity index is 2.78. The molecule has 5 heteroatoms. The van der Waals surface area contributed by atoms with E-state index in [0.29, 0.717) is 12.4 Å². The Morgan fingerprint density at radius 3 is 2.73 bits per heavy atom. The highest BCUT2D eigenvalue weighted by Crippen LogP contribution is 1.96. The molecule has 11 heavy (non-hydrogen) atoms. The van der Waals surface area contributed by atoms with E-state index in [1.165, 1.54) is 0 Å². The molecule has 0 atom stereocenters. The van der Waals surface area contributed by atoms with Crippen molar-refractivity contribution in [3.05, 3.63) is 0 Å². The number of rotatable bonds is 0. The molecule has 1 heterocycles. The van der Waals surface area contributed by atoms with E-state index in [-0.39, 0.29) is 0 Å². The van der Waals surface area contributed by atoms with Gasteiger partial charge in [0.1, 0.15) is 5.84 Å². The van der Waals surface area contributed by atoms with E-state index in [0.717, 1.165) is 5.96 Å². The third-order valence-electron chi connectivity index (χ3n) is 1.53. The lowest BCUT2D eigenvalue weighted by Crippen LogP contribution is -2.49. The van der Waals surface area contributed by atoms with Gasteiger partial charge in [-0.15, -0.1) is 5.10 Å². The number of guanidine groups is 1. The van der Waals surface area contributed by atoms with Gasteiger partial charge in [-0.05, 0) is 0 Å². The zero-order chi connectivity index (χ0) is 8.43. The van der Waals surface area contributed by atoms with Crippen molar-refractivity contribution in [3.8, 4) is 0 Å². The van der Waals surface area contributed by atoms with Crippen LogP contribution in [-0.4, -0.2) is 49.3 Å². The summed E-state index contributed by atoms with van der Waals surface area (Å²) in [6, 6.07) is 0. The number of nitrogens with one attached hydrogen (secondary N) is 2. The molecule has 0 saturated carbocycles. The van der Waals surface area contributed by atoms with E-state index in [1.807, 2.05) is 26.0 Å². The van der Waals surface area contributed by atoms with E-state index in [1.54, 1.807) is 4.90 Å². The Hall–Kier alpha value is -1.26. The van der Waals surface area contributed by atoms with Crippen molar-refractivity contribution in [1.82, 2.24) is 15.2 Å². The van der Waals surface area contributed by atoms with Crippen LogP contribution >= 0.6 is 0 Å². The van der Waals surface area contributed by atoms with E-state index < -0.39 is 0 Å². The summed E-state index contributed by atoms with van der Waals surface area (Å²) in [5.74, 6) is 1.30. The van der Waals surface area contributed by atoms with Crippen LogP contribution in [0.2, 0.25) is 0 Å². The van der Waals surface area contributed by atoms with Crippen molar-refractivity contribution in [1.29, 1.82) is 5.41 Å². The molecule has 0 fully saturated rings. The molecule has 0 aromatic heterocycles. The molecule has 0 amide bonds. The maximum Gasteiger partial charge on any atom is 0.223 e. The topological polar surface area (TPSA) is 54.7 Å². The fourth-order valence-electron chi connectivity index (χ4n) is 0.899. The number of nitrogens with zero attached hydrogens (tertiary/aromatic N) is 3. The van der Waals surface area contributed by atoms with Crippen molar-refractivity contribution in [3.63, 3.8) is 0 Å². The minimum Gasteiger partial charge on any atom is -0.347 e. The Morgan fingerprint density at radius 1 is 1.64 bits per heavy atom. The van der Waals surface area contributed by atoms with Gasteiger partial charge in [0.15, 0.2) is 0 Å². The summed E-state index contributed by atoms with van der Waals surface area (Å²) in [5, 5.41) is 11.5. The van der Waals surface area contributed by atoms with E-state index in [4.69, 9.17) is 5.41 Å². The van der Waals surface area contributed by atoms with Gasteiger partial charge in [0, 0.05) is 21.1 Å². The van der Waals surface area contributed by atoms with Crippen LogP contribution in [0.5, 0.6) is 0 Å². The van der Waals surface area contributed by atoms with Crippen LogP contribution in [0.4, 0.5) is 0 Å². The monoisotopic (exact) mass is 155 g/mol. The first-order valence-electron chi connectivity index (χ1n) is 3.42. The first-order valence-corrected chi connectivity index (χ1v) is 3.42. The summed E-state index contributed by atoms with van der Waals surface area (Å²) in [6.07, 6.45) is 0.